The third-order valence-corrected chi connectivity index (χ3v) is 5.21. The van der Waals surface area contributed by atoms with Crippen LogP contribution in [0.25, 0.3) is 0 Å². The number of likely N-dealkylation sites (tertiary alicyclic amines) is 1. The van der Waals surface area contributed by atoms with Crippen LogP contribution in [0.3, 0.4) is 0 Å². The number of para-hydroxylation sites is 1. The molecule has 1 atom stereocenters. The molecule has 1 unspecified atom stereocenters. The Morgan fingerprint density at radius 2 is 1.92 bits per heavy atom. The second-order valence-electron chi connectivity index (χ2n) is 7.23. The van der Waals surface area contributed by atoms with Gasteiger partial charge in [-0.05, 0) is 63.1 Å². The van der Waals surface area contributed by atoms with Crippen LogP contribution in [0.15, 0.2) is 24.3 Å². The van der Waals surface area contributed by atoms with Crippen molar-refractivity contribution >= 4 is 18.3 Å². The number of benzene rings is 1. The topological polar surface area (TPSA) is 41.6 Å². The van der Waals surface area contributed by atoms with Gasteiger partial charge in [-0.1, -0.05) is 25.1 Å². The van der Waals surface area contributed by atoms with Crippen LogP contribution in [0, 0.1) is 12.8 Å². The number of hydrogen-bond acceptors (Lipinski definition) is 3. The predicted octanol–water partition coefficient (Wildman–Crippen LogP) is 3.56. The Bertz CT molecular complexity index is 554. The molecule has 1 heterocycles. The van der Waals surface area contributed by atoms with E-state index in [2.05, 4.69) is 5.32 Å². The molecule has 1 aliphatic carbocycles. The van der Waals surface area contributed by atoms with E-state index in [1.165, 1.54) is 12.8 Å². The Kier molecular flexibility index (Phi) is 7.57. The molecule has 1 aromatic carbocycles. The van der Waals surface area contributed by atoms with Crippen molar-refractivity contribution in [2.24, 2.45) is 5.92 Å². The lowest BCUT2D eigenvalue weighted by Gasteiger charge is -2.34. The maximum Gasteiger partial charge on any atom is 0.263 e. The molecule has 4 nitrogen and oxygen atoms in total. The monoisotopic (exact) mass is 366 g/mol. The highest BCUT2D eigenvalue weighted by molar-refractivity contribution is 5.85. The summed E-state index contributed by atoms with van der Waals surface area (Å²) >= 11 is 0. The SMILES string of the molecule is CCC(Oc1ccccc1C)C(=O)N1CCC(NCC2CC2)CC1.Cl. The van der Waals surface area contributed by atoms with Crippen LogP contribution < -0.4 is 10.1 Å². The second kappa shape index (κ2) is 9.44. The number of carbonyl (C=O) groups is 1. The number of piperidine rings is 1. The maximum absolute atomic E-state index is 12.8. The van der Waals surface area contributed by atoms with E-state index in [0.717, 1.165) is 49.7 Å². The summed E-state index contributed by atoms with van der Waals surface area (Å²) in [7, 11) is 0. The highest BCUT2D eigenvalue weighted by atomic mass is 35.5. The van der Waals surface area contributed by atoms with Crippen LogP contribution >= 0.6 is 12.4 Å². The minimum Gasteiger partial charge on any atom is -0.480 e. The largest absolute Gasteiger partial charge is 0.480 e. The summed E-state index contributed by atoms with van der Waals surface area (Å²) in [5, 5.41) is 3.66. The van der Waals surface area contributed by atoms with Crippen molar-refractivity contribution in [1.29, 1.82) is 0 Å². The minimum atomic E-state index is -0.373. The molecule has 1 aliphatic heterocycles. The van der Waals surface area contributed by atoms with Crippen LogP contribution in [0.2, 0.25) is 0 Å². The fraction of sp³-hybridized carbons (Fsp3) is 0.650. The van der Waals surface area contributed by atoms with Crippen LogP contribution in [0.4, 0.5) is 0 Å². The first-order valence-electron chi connectivity index (χ1n) is 9.41. The van der Waals surface area contributed by atoms with Gasteiger partial charge in [0, 0.05) is 19.1 Å². The molecule has 0 bridgehead atoms. The zero-order valence-electron chi connectivity index (χ0n) is 15.4. The molecule has 1 saturated carbocycles. The highest BCUT2D eigenvalue weighted by Crippen LogP contribution is 2.28. The number of ether oxygens (including phenoxy) is 1. The normalized spacial score (nSPS) is 19.2. The Hall–Kier alpha value is -1.26. The first-order valence-corrected chi connectivity index (χ1v) is 9.41. The Morgan fingerprint density at radius 1 is 1.24 bits per heavy atom. The van der Waals surface area contributed by atoms with Gasteiger partial charge in [-0.3, -0.25) is 4.79 Å². The van der Waals surface area contributed by atoms with Gasteiger partial charge in [0.2, 0.25) is 0 Å². The summed E-state index contributed by atoms with van der Waals surface area (Å²) < 4.78 is 6.02. The van der Waals surface area contributed by atoms with E-state index >= 15 is 0 Å². The summed E-state index contributed by atoms with van der Waals surface area (Å²) in [6, 6.07) is 8.48. The van der Waals surface area contributed by atoms with Crippen LogP contribution in [-0.4, -0.2) is 42.6 Å². The fourth-order valence-corrected chi connectivity index (χ4v) is 3.31. The van der Waals surface area contributed by atoms with E-state index in [0.29, 0.717) is 12.5 Å². The second-order valence-corrected chi connectivity index (χ2v) is 7.23. The summed E-state index contributed by atoms with van der Waals surface area (Å²) in [6.45, 7) is 6.88. The number of nitrogens with one attached hydrogen (secondary N) is 1. The molecular weight excluding hydrogens is 336 g/mol. The molecule has 25 heavy (non-hydrogen) atoms. The Balaban J connectivity index is 0.00000225. The third kappa shape index (κ3) is 5.61. The molecule has 0 spiro atoms. The predicted molar refractivity (Wildman–Crippen MR) is 103 cm³/mol. The summed E-state index contributed by atoms with van der Waals surface area (Å²) in [5.74, 6) is 1.87. The zero-order valence-corrected chi connectivity index (χ0v) is 16.2. The van der Waals surface area contributed by atoms with E-state index < -0.39 is 0 Å². The molecule has 5 heteroatoms. The van der Waals surface area contributed by atoms with E-state index in [1.807, 2.05) is 43.0 Å². The molecular formula is C20H31ClN2O2. The molecule has 140 valence electrons. The number of rotatable bonds is 7. The molecule has 0 radical (unpaired) electrons. The zero-order chi connectivity index (χ0) is 16.9. The standard InChI is InChI=1S/C20H30N2O2.ClH/c1-3-18(24-19-7-5-4-6-15(19)2)20(23)22-12-10-17(11-13-22)21-14-16-8-9-16;/h4-7,16-18,21H,3,8-14H2,1-2H3;1H. The van der Waals surface area contributed by atoms with Gasteiger partial charge in [0.25, 0.3) is 5.91 Å². The lowest BCUT2D eigenvalue weighted by molar-refractivity contribution is -0.140. The third-order valence-electron chi connectivity index (χ3n) is 5.21. The van der Waals surface area contributed by atoms with Crippen molar-refractivity contribution in [1.82, 2.24) is 10.2 Å². The minimum absolute atomic E-state index is 0. The average molecular weight is 367 g/mol. The number of amides is 1. The number of nitrogens with zero attached hydrogens (tertiary/aromatic N) is 1. The van der Waals surface area contributed by atoms with Crippen molar-refractivity contribution in [2.75, 3.05) is 19.6 Å². The van der Waals surface area contributed by atoms with E-state index in [1.54, 1.807) is 0 Å². The Labute approximate surface area is 157 Å². The smallest absolute Gasteiger partial charge is 0.263 e. The van der Waals surface area contributed by atoms with Crippen LogP contribution in [0.5, 0.6) is 5.75 Å². The number of aryl methyl sites for hydroxylation is 1. The lowest BCUT2D eigenvalue weighted by Crippen LogP contribution is -2.49. The van der Waals surface area contributed by atoms with Crippen molar-refractivity contribution in [3.63, 3.8) is 0 Å². The van der Waals surface area contributed by atoms with Crippen molar-refractivity contribution < 1.29 is 9.53 Å². The highest BCUT2D eigenvalue weighted by Gasteiger charge is 2.29. The molecule has 1 saturated heterocycles. The van der Waals surface area contributed by atoms with Crippen LogP contribution in [-0.2, 0) is 4.79 Å². The molecule has 1 N–H and O–H groups in total. The first kappa shape index (κ1) is 20.1. The fourth-order valence-electron chi connectivity index (χ4n) is 3.31. The van der Waals surface area contributed by atoms with Gasteiger partial charge in [0.15, 0.2) is 6.10 Å². The molecule has 2 fully saturated rings. The van der Waals surface area contributed by atoms with Gasteiger partial charge >= 0.3 is 0 Å². The maximum atomic E-state index is 12.8. The number of carbonyl (C=O) groups excluding carboxylic acids is 1. The van der Waals surface area contributed by atoms with Gasteiger partial charge in [-0.2, -0.15) is 0 Å². The van der Waals surface area contributed by atoms with Gasteiger partial charge in [-0.15, -0.1) is 12.4 Å². The molecule has 1 aromatic rings. The molecule has 1 amide bonds. The lowest BCUT2D eigenvalue weighted by atomic mass is 10.0. The first-order chi connectivity index (χ1) is 11.7. The van der Waals surface area contributed by atoms with E-state index in [4.69, 9.17) is 4.74 Å². The Morgan fingerprint density at radius 3 is 2.52 bits per heavy atom. The summed E-state index contributed by atoms with van der Waals surface area (Å²) in [6.07, 6.45) is 5.21. The summed E-state index contributed by atoms with van der Waals surface area (Å²) in [5.41, 5.74) is 1.08. The molecule has 3 rings (SSSR count). The molecule has 0 aromatic heterocycles. The number of hydrogen-bond donors (Lipinski definition) is 1. The number of halogens is 1. The molecule has 2 aliphatic rings. The van der Waals surface area contributed by atoms with E-state index in [-0.39, 0.29) is 24.4 Å². The van der Waals surface area contributed by atoms with Crippen molar-refractivity contribution in [3.8, 4) is 5.75 Å². The average Bonchev–Trinajstić information content (AvgIpc) is 3.44. The van der Waals surface area contributed by atoms with Gasteiger partial charge in [0.05, 0.1) is 0 Å². The van der Waals surface area contributed by atoms with Crippen LogP contribution in [0.1, 0.15) is 44.6 Å². The van der Waals surface area contributed by atoms with Crippen molar-refractivity contribution in [3.05, 3.63) is 29.8 Å². The summed E-state index contributed by atoms with van der Waals surface area (Å²) in [4.78, 5) is 14.8. The van der Waals surface area contributed by atoms with Gasteiger partial charge in [-0.25, -0.2) is 0 Å². The quantitative estimate of drug-likeness (QED) is 0.802. The van der Waals surface area contributed by atoms with Crippen molar-refractivity contribution in [2.45, 2.75) is 58.1 Å². The van der Waals surface area contributed by atoms with E-state index in [9.17, 15) is 4.79 Å². The van der Waals surface area contributed by atoms with Gasteiger partial charge in [0.1, 0.15) is 5.75 Å². The van der Waals surface area contributed by atoms with Gasteiger partial charge < -0.3 is 15.0 Å².